The molecule has 2 aromatic rings. The Kier molecular flexibility index (Phi) is 5.04. The van der Waals surface area contributed by atoms with Crippen molar-refractivity contribution in [3.8, 4) is 11.4 Å². The van der Waals surface area contributed by atoms with E-state index in [0.29, 0.717) is 0 Å². The second kappa shape index (κ2) is 7.60. The van der Waals surface area contributed by atoms with Crippen LogP contribution >= 0.6 is 0 Å². The maximum Gasteiger partial charge on any atom is 0.163 e. The number of aromatic nitrogens is 2. The van der Waals surface area contributed by atoms with E-state index in [1.807, 2.05) is 30.3 Å². The van der Waals surface area contributed by atoms with Gasteiger partial charge in [-0.2, -0.15) is 0 Å². The molecule has 0 bridgehead atoms. The first-order chi connectivity index (χ1) is 12.7. The second-order valence-corrected chi connectivity index (χ2v) is 7.21. The topological polar surface area (TPSA) is 72.7 Å². The van der Waals surface area contributed by atoms with Gasteiger partial charge in [-0.3, -0.25) is 0 Å². The van der Waals surface area contributed by atoms with E-state index in [0.717, 1.165) is 74.9 Å². The van der Waals surface area contributed by atoms with Crippen LogP contribution in [0.25, 0.3) is 11.4 Å². The molecule has 2 aliphatic heterocycles. The van der Waals surface area contributed by atoms with E-state index >= 15 is 0 Å². The van der Waals surface area contributed by atoms with E-state index in [4.69, 9.17) is 9.97 Å². The molecule has 4 rings (SSSR count). The van der Waals surface area contributed by atoms with Gasteiger partial charge in [0.1, 0.15) is 11.6 Å². The molecule has 0 atom stereocenters. The SMILES string of the molecule is OC1CCN(c2cc(N3CCC(O)CC3)nc(-c3ccccc3)n2)CC1. The first-order valence-electron chi connectivity index (χ1n) is 9.49. The van der Waals surface area contributed by atoms with Crippen LogP contribution < -0.4 is 9.80 Å². The summed E-state index contributed by atoms with van der Waals surface area (Å²) in [6.07, 6.45) is 2.69. The third-order valence-electron chi connectivity index (χ3n) is 5.31. The number of hydrogen-bond acceptors (Lipinski definition) is 6. The molecule has 0 unspecified atom stereocenters. The largest absolute Gasteiger partial charge is 0.393 e. The maximum atomic E-state index is 9.80. The number of benzene rings is 1. The number of aliphatic hydroxyl groups excluding tert-OH is 2. The molecule has 6 nitrogen and oxygen atoms in total. The van der Waals surface area contributed by atoms with Gasteiger partial charge in [0.2, 0.25) is 0 Å². The van der Waals surface area contributed by atoms with Gasteiger partial charge in [-0.1, -0.05) is 30.3 Å². The molecule has 1 aromatic heterocycles. The summed E-state index contributed by atoms with van der Waals surface area (Å²) >= 11 is 0. The van der Waals surface area contributed by atoms with E-state index in [2.05, 4.69) is 15.9 Å². The van der Waals surface area contributed by atoms with Crippen LogP contribution in [0.5, 0.6) is 0 Å². The van der Waals surface area contributed by atoms with Crippen molar-refractivity contribution >= 4 is 11.6 Å². The molecule has 26 heavy (non-hydrogen) atoms. The van der Waals surface area contributed by atoms with Crippen LogP contribution in [0.4, 0.5) is 11.6 Å². The molecular formula is C20H26N4O2. The summed E-state index contributed by atoms with van der Waals surface area (Å²) in [7, 11) is 0. The van der Waals surface area contributed by atoms with Crippen molar-refractivity contribution in [2.45, 2.75) is 37.9 Å². The van der Waals surface area contributed by atoms with Crippen LogP contribution in [0.3, 0.4) is 0 Å². The summed E-state index contributed by atoms with van der Waals surface area (Å²) in [5.41, 5.74) is 1.00. The molecule has 138 valence electrons. The highest BCUT2D eigenvalue weighted by molar-refractivity contribution is 5.62. The molecule has 6 heteroatoms. The lowest BCUT2D eigenvalue weighted by Gasteiger charge is -2.33. The normalized spacial score (nSPS) is 19.8. The highest BCUT2D eigenvalue weighted by atomic mass is 16.3. The van der Waals surface area contributed by atoms with Gasteiger partial charge >= 0.3 is 0 Å². The zero-order valence-electron chi connectivity index (χ0n) is 15.0. The van der Waals surface area contributed by atoms with Crippen molar-refractivity contribution in [2.75, 3.05) is 36.0 Å². The van der Waals surface area contributed by atoms with Crippen LogP contribution in [-0.2, 0) is 0 Å². The van der Waals surface area contributed by atoms with Gasteiger partial charge in [-0.15, -0.1) is 0 Å². The van der Waals surface area contributed by atoms with Gasteiger partial charge in [-0.25, -0.2) is 9.97 Å². The Bertz CT molecular complexity index is 684. The number of anilines is 2. The average Bonchev–Trinajstić information content (AvgIpc) is 2.69. The lowest BCUT2D eigenvalue weighted by Crippen LogP contribution is -2.38. The van der Waals surface area contributed by atoms with Crippen molar-refractivity contribution in [1.82, 2.24) is 9.97 Å². The molecule has 0 spiro atoms. The van der Waals surface area contributed by atoms with E-state index in [1.165, 1.54) is 0 Å². The molecule has 2 saturated heterocycles. The minimum atomic E-state index is -0.204. The molecule has 2 aliphatic rings. The van der Waals surface area contributed by atoms with Gasteiger partial charge < -0.3 is 20.0 Å². The number of hydrogen-bond donors (Lipinski definition) is 2. The van der Waals surface area contributed by atoms with Crippen LogP contribution in [0.1, 0.15) is 25.7 Å². The Hall–Kier alpha value is -2.18. The highest BCUT2D eigenvalue weighted by Gasteiger charge is 2.23. The zero-order chi connectivity index (χ0) is 17.9. The Morgan fingerprint density at radius 2 is 1.19 bits per heavy atom. The molecule has 2 N–H and O–H groups in total. The third kappa shape index (κ3) is 3.81. The van der Waals surface area contributed by atoms with Gasteiger partial charge in [0.05, 0.1) is 12.2 Å². The zero-order valence-corrected chi connectivity index (χ0v) is 15.0. The number of aliphatic hydroxyl groups is 2. The second-order valence-electron chi connectivity index (χ2n) is 7.21. The van der Waals surface area contributed by atoms with Crippen LogP contribution in [0, 0.1) is 0 Å². The maximum absolute atomic E-state index is 9.80. The van der Waals surface area contributed by atoms with E-state index in [9.17, 15) is 10.2 Å². The number of rotatable bonds is 3. The van der Waals surface area contributed by atoms with Crippen molar-refractivity contribution in [3.63, 3.8) is 0 Å². The molecule has 0 saturated carbocycles. The van der Waals surface area contributed by atoms with Crippen molar-refractivity contribution in [3.05, 3.63) is 36.4 Å². The molecule has 1 aromatic carbocycles. The predicted octanol–water partition coefficient (Wildman–Crippen LogP) is 2.07. The van der Waals surface area contributed by atoms with Gasteiger partial charge in [-0.05, 0) is 25.7 Å². The predicted molar refractivity (Wildman–Crippen MR) is 102 cm³/mol. The Balaban J connectivity index is 1.67. The quantitative estimate of drug-likeness (QED) is 0.879. The van der Waals surface area contributed by atoms with Crippen LogP contribution in [0.2, 0.25) is 0 Å². The first kappa shape index (κ1) is 17.2. The van der Waals surface area contributed by atoms with Crippen molar-refractivity contribution < 1.29 is 10.2 Å². The lowest BCUT2D eigenvalue weighted by atomic mass is 10.1. The van der Waals surface area contributed by atoms with Crippen LogP contribution in [-0.4, -0.2) is 58.6 Å². The molecular weight excluding hydrogens is 328 g/mol. The summed E-state index contributed by atoms with van der Waals surface area (Å²) in [5.74, 6) is 2.58. The number of nitrogens with zero attached hydrogens (tertiary/aromatic N) is 4. The summed E-state index contributed by atoms with van der Waals surface area (Å²) in [4.78, 5) is 14.1. The fourth-order valence-electron chi connectivity index (χ4n) is 3.65. The lowest BCUT2D eigenvalue weighted by molar-refractivity contribution is 0.145. The highest BCUT2D eigenvalue weighted by Crippen LogP contribution is 2.28. The summed E-state index contributed by atoms with van der Waals surface area (Å²) in [6, 6.07) is 12.1. The molecule has 3 heterocycles. The van der Waals surface area contributed by atoms with Crippen LogP contribution in [0.15, 0.2) is 36.4 Å². The molecule has 2 fully saturated rings. The minimum Gasteiger partial charge on any atom is -0.393 e. The molecule has 0 aliphatic carbocycles. The first-order valence-corrected chi connectivity index (χ1v) is 9.49. The summed E-state index contributed by atoms with van der Waals surface area (Å²) < 4.78 is 0. The van der Waals surface area contributed by atoms with E-state index < -0.39 is 0 Å². The molecule has 0 radical (unpaired) electrons. The summed E-state index contributed by atoms with van der Waals surface area (Å²) in [5, 5.41) is 19.6. The minimum absolute atomic E-state index is 0.204. The van der Waals surface area contributed by atoms with Gasteiger partial charge in [0, 0.05) is 37.8 Å². The third-order valence-corrected chi connectivity index (χ3v) is 5.31. The van der Waals surface area contributed by atoms with E-state index in [-0.39, 0.29) is 12.2 Å². The van der Waals surface area contributed by atoms with Crippen molar-refractivity contribution in [1.29, 1.82) is 0 Å². The summed E-state index contributed by atoms with van der Waals surface area (Å²) in [6.45, 7) is 3.24. The monoisotopic (exact) mass is 354 g/mol. The fourth-order valence-corrected chi connectivity index (χ4v) is 3.65. The Labute approximate surface area is 154 Å². The molecule has 0 amide bonds. The van der Waals surface area contributed by atoms with Crippen molar-refractivity contribution in [2.24, 2.45) is 0 Å². The Morgan fingerprint density at radius 3 is 1.65 bits per heavy atom. The van der Waals surface area contributed by atoms with E-state index in [1.54, 1.807) is 0 Å². The number of piperidine rings is 2. The fraction of sp³-hybridized carbons (Fsp3) is 0.500. The Morgan fingerprint density at radius 1 is 0.731 bits per heavy atom. The van der Waals surface area contributed by atoms with Gasteiger partial charge in [0.25, 0.3) is 0 Å². The average molecular weight is 354 g/mol. The standard InChI is InChI=1S/C20H26N4O2/c25-16-6-10-23(11-7-16)18-14-19(24-12-8-17(26)9-13-24)22-20(21-18)15-4-2-1-3-5-15/h1-5,14,16-17,25-26H,6-13H2. The van der Waals surface area contributed by atoms with Gasteiger partial charge in [0.15, 0.2) is 5.82 Å². The smallest absolute Gasteiger partial charge is 0.163 e.